The number of phenolic OH excluding ortho intramolecular Hbond substituents is 1. The van der Waals surface area contributed by atoms with Crippen LogP contribution in [0.1, 0.15) is 20.7 Å². The molecule has 1 fully saturated rings. The molecular formula is C38H31N7O7S. The zero-order valence-electron chi connectivity index (χ0n) is 27.8. The first-order valence-corrected chi connectivity index (χ1v) is 17.5. The number of benzene rings is 6. The van der Waals surface area contributed by atoms with Crippen LogP contribution in [0.15, 0.2) is 128 Å². The van der Waals surface area contributed by atoms with Crippen molar-refractivity contribution in [1.29, 1.82) is 0 Å². The van der Waals surface area contributed by atoms with Crippen LogP contribution < -0.4 is 15.5 Å². The molecule has 0 radical (unpaired) electrons. The molecule has 1 unspecified atom stereocenters. The van der Waals surface area contributed by atoms with E-state index in [4.69, 9.17) is 0 Å². The molecule has 1 aliphatic rings. The van der Waals surface area contributed by atoms with Crippen molar-refractivity contribution < 1.29 is 33.7 Å². The van der Waals surface area contributed by atoms with E-state index in [0.29, 0.717) is 68.8 Å². The average molecular weight is 730 g/mol. The SMILES string of the molecule is O=C(O)c1ccc(Nc2ccc3cc(S(=O)O)c(N=Nc4ccc(N=Nc5ccc(N6CCNCC6)c(C(=O)O)c5)c5ccccc45)c(O)c3c2)cc1. The Hall–Kier alpha value is -6.55. The molecule has 1 heterocycles. The Balaban J connectivity index is 1.20. The molecule has 6 aromatic rings. The van der Waals surface area contributed by atoms with Gasteiger partial charge in [0.2, 0.25) is 0 Å². The summed E-state index contributed by atoms with van der Waals surface area (Å²) in [5.74, 6) is -2.45. The summed E-state index contributed by atoms with van der Waals surface area (Å²) in [7, 11) is 0. The molecule has 53 heavy (non-hydrogen) atoms. The number of rotatable bonds is 10. The van der Waals surface area contributed by atoms with E-state index in [1.807, 2.05) is 23.1 Å². The highest BCUT2D eigenvalue weighted by Gasteiger charge is 2.20. The highest BCUT2D eigenvalue weighted by Crippen LogP contribution is 2.43. The Morgan fingerprint density at radius 3 is 2.02 bits per heavy atom. The molecule has 6 N–H and O–H groups in total. The van der Waals surface area contributed by atoms with Crippen molar-refractivity contribution in [3.05, 3.63) is 114 Å². The van der Waals surface area contributed by atoms with Crippen molar-refractivity contribution >= 4 is 84.4 Å². The number of nitrogens with zero attached hydrogens (tertiary/aromatic N) is 5. The lowest BCUT2D eigenvalue weighted by Crippen LogP contribution is -2.44. The van der Waals surface area contributed by atoms with Gasteiger partial charge in [0.25, 0.3) is 0 Å². The molecule has 1 aliphatic heterocycles. The smallest absolute Gasteiger partial charge is 0.337 e. The fourth-order valence-electron chi connectivity index (χ4n) is 6.11. The Morgan fingerprint density at radius 1 is 0.717 bits per heavy atom. The van der Waals surface area contributed by atoms with Crippen LogP contribution in [0.4, 0.5) is 39.8 Å². The third kappa shape index (κ3) is 7.43. The predicted octanol–water partition coefficient (Wildman–Crippen LogP) is 8.66. The van der Waals surface area contributed by atoms with Gasteiger partial charge in [0, 0.05) is 53.7 Å². The quantitative estimate of drug-likeness (QED) is 0.0584. The van der Waals surface area contributed by atoms with E-state index in [0.717, 1.165) is 13.1 Å². The van der Waals surface area contributed by atoms with Gasteiger partial charge in [-0.05, 0) is 78.2 Å². The fourth-order valence-corrected chi connectivity index (χ4v) is 6.64. The normalized spacial score (nSPS) is 13.9. The summed E-state index contributed by atoms with van der Waals surface area (Å²) in [4.78, 5) is 25.2. The molecule has 15 heteroatoms. The van der Waals surface area contributed by atoms with Crippen LogP contribution in [-0.2, 0) is 11.1 Å². The molecule has 0 saturated carbocycles. The van der Waals surface area contributed by atoms with Crippen LogP contribution in [-0.4, -0.2) is 62.2 Å². The Kier molecular flexibility index (Phi) is 9.85. The lowest BCUT2D eigenvalue weighted by molar-refractivity contribution is 0.0686. The first-order valence-electron chi connectivity index (χ1n) is 16.4. The second kappa shape index (κ2) is 15.0. The van der Waals surface area contributed by atoms with Gasteiger partial charge in [-0.25, -0.2) is 13.8 Å². The third-order valence-electron chi connectivity index (χ3n) is 8.74. The van der Waals surface area contributed by atoms with E-state index in [1.165, 1.54) is 24.3 Å². The lowest BCUT2D eigenvalue weighted by atomic mass is 10.1. The van der Waals surface area contributed by atoms with E-state index in [1.54, 1.807) is 60.7 Å². The minimum absolute atomic E-state index is 0.137. The highest BCUT2D eigenvalue weighted by atomic mass is 32.2. The first-order chi connectivity index (χ1) is 25.7. The molecule has 1 atom stereocenters. The van der Waals surface area contributed by atoms with E-state index in [2.05, 4.69) is 31.1 Å². The molecular weight excluding hydrogens is 699 g/mol. The van der Waals surface area contributed by atoms with Gasteiger partial charge >= 0.3 is 11.9 Å². The van der Waals surface area contributed by atoms with Gasteiger partial charge in [-0.15, -0.1) is 15.3 Å². The van der Waals surface area contributed by atoms with Crippen molar-refractivity contribution in [2.24, 2.45) is 20.5 Å². The number of fused-ring (bicyclic) bond motifs is 2. The summed E-state index contributed by atoms with van der Waals surface area (Å²) in [5.41, 5.74) is 3.17. The maximum Gasteiger partial charge on any atom is 0.337 e. The van der Waals surface area contributed by atoms with Gasteiger partial charge in [0.1, 0.15) is 5.69 Å². The van der Waals surface area contributed by atoms with E-state index in [9.17, 15) is 33.7 Å². The van der Waals surface area contributed by atoms with Crippen molar-refractivity contribution in [3.8, 4) is 5.75 Å². The Morgan fingerprint density at radius 2 is 1.38 bits per heavy atom. The summed E-state index contributed by atoms with van der Waals surface area (Å²) < 4.78 is 22.5. The van der Waals surface area contributed by atoms with Crippen molar-refractivity contribution in [3.63, 3.8) is 0 Å². The molecule has 266 valence electrons. The molecule has 6 aromatic carbocycles. The number of azo groups is 2. The fraction of sp³-hybridized carbons (Fsp3) is 0.105. The van der Waals surface area contributed by atoms with Gasteiger partial charge < -0.3 is 35.4 Å². The lowest BCUT2D eigenvalue weighted by Gasteiger charge is -2.30. The number of aromatic hydroxyl groups is 1. The minimum atomic E-state index is -2.51. The molecule has 0 amide bonds. The van der Waals surface area contributed by atoms with Crippen LogP contribution in [0.25, 0.3) is 21.5 Å². The molecule has 0 bridgehead atoms. The summed E-state index contributed by atoms with van der Waals surface area (Å²) in [6.45, 7) is 2.93. The van der Waals surface area contributed by atoms with E-state index < -0.39 is 23.0 Å². The number of nitrogens with one attached hydrogen (secondary N) is 2. The van der Waals surface area contributed by atoms with Gasteiger partial charge in [0.05, 0.1) is 38.8 Å². The van der Waals surface area contributed by atoms with Crippen LogP contribution >= 0.6 is 0 Å². The van der Waals surface area contributed by atoms with Crippen LogP contribution in [0.3, 0.4) is 0 Å². The van der Waals surface area contributed by atoms with Gasteiger partial charge in [-0.1, -0.05) is 30.3 Å². The number of carboxylic acids is 2. The van der Waals surface area contributed by atoms with Crippen LogP contribution in [0.5, 0.6) is 5.75 Å². The first kappa shape index (κ1) is 34.9. The summed E-state index contributed by atoms with van der Waals surface area (Å²) in [6.07, 6.45) is 0. The number of phenols is 1. The molecule has 0 aromatic heterocycles. The standard InChI is InChI=1S/C38H31N7O7S/c46-36-29-20-25(40-24-8-5-22(6-9-24)37(47)48)10-7-23(29)19-34(53(51)52)35(36)44-43-32-13-12-31(27-3-1-2-4-28(27)32)42-41-26-11-14-33(30(21-26)38(49)50)45-17-15-39-16-18-45/h1-14,19-21,39-40,46H,15-18H2,(H,47,48)(H,49,50)(H,51,52). The second-order valence-corrected chi connectivity index (χ2v) is 13.0. The van der Waals surface area contributed by atoms with Crippen molar-refractivity contribution in [2.45, 2.75) is 4.90 Å². The zero-order valence-corrected chi connectivity index (χ0v) is 28.6. The van der Waals surface area contributed by atoms with E-state index in [-0.39, 0.29) is 27.5 Å². The topological polar surface area (TPSA) is 209 Å². The largest absolute Gasteiger partial charge is 0.505 e. The number of carboxylic acid groups (broad SMARTS) is 2. The summed E-state index contributed by atoms with van der Waals surface area (Å²) in [5, 5.41) is 56.4. The van der Waals surface area contributed by atoms with E-state index >= 15 is 0 Å². The highest BCUT2D eigenvalue weighted by molar-refractivity contribution is 7.79. The monoisotopic (exact) mass is 729 g/mol. The minimum Gasteiger partial charge on any atom is -0.505 e. The molecule has 0 aliphatic carbocycles. The van der Waals surface area contributed by atoms with Gasteiger partial charge in [0.15, 0.2) is 16.8 Å². The second-order valence-electron chi connectivity index (χ2n) is 12.1. The predicted molar refractivity (Wildman–Crippen MR) is 202 cm³/mol. The third-order valence-corrected chi connectivity index (χ3v) is 9.43. The van der Waals surface area contributed by atoms with Crippen LogP contribution in [0.2, 0.25) is 0 Å². The number of carbonyl (C=O) groups is 2. The molecule has 0 spiro atoms. The van der Waals surface area contributed by atoms with Gasteiger partial charge in [-0.2, -0.15) is 5.11 Å². The number of piperazine rings is 1. The maximum absolute atomic E-state index is 12.4. The molecule has 14 nitrogen and oxygen atoms in total. The summed E-state index contributed by atoms with van der Waals surface area (Å²) >= 11 is -2.51. The summed E-state index contributed by atoms with van der Waals surface area (Å²) in [6, 6.07) is 28.2. The number of anilines is 3. The molecule has 1 saturated heterocycles. The Bertz CT molecular complexity index is 2480. The van der Waals surface area contributed by atoms with Crippen molar-refractivity contribution in [1.82, 2.24) is 5.32 Å². The van der Waals surface area contributed by atoms with Crippen molar-refractivity contribution in [2.75, 3.05) is 36.4 Å². The number of hydrogen-bond donors (Lipinski definition) is 6. The zero-order chi connectivity index (χ0) is 37.1. The average Bonchev–Trinajstić information content (AvgIpc) is 3.17. The van der Waals surface area contributed by atoms with Crippen LogP contribution in [0, 0.1) is 0 Å². The number of aromatic carboxylic acids is 2. The Labute approximate surface area is 304 Å². The maximum atomic E-state index is 12.4. The molecule has 7 rings (SSSR count). The number of hydrogen-bond acceptors (Lipinski definition) is 11. The van der Waals surface area contributed by atoms with Gasteiger partial charge in [-0.3, -0.25) is 0 Å².